The van der Waals surface area contributed by atoms with Crippen LogP contribution < -0.4 is 0 Å². The molecule has 0 fully saturated rings. The van der Waals surface area contributed by atoms with Gasteiger partial charge in [0.15, 0.2) is 17.5 Å². The molecule has 0 saturated carbocycles. The molecule has 2 unspecified atom stereocenters. The Morgan fingerprint density at radius 2 is 1.03 bits per heavy atom. The van der Waals surface area contributed by atoms with E-state index in [-0.39, 0.29) is 10.8 Å². The monoisotopic (exact) mass is 774 g/mol. The Morgan fingerprint density at radius 1 is 0.508 bits per heavy atom. The number of aromatic nitrogens is 4. The number of aryl methyl sites for hydroxylation is 1. The van der Waals surface area contributed by atoms with E-state index in [1.807, 2.05) is 0 Å². The lowest BCUT2D eigenvalue weighted by atomic mass is 9.83. The highest BCUT2D eigenvalue weighted by molar-refractivity contribution is 6.14. The summed E-state index contributed by atoms with van der Waals surface area (Å²) in [6, 6.07) is 51.2. The van der Waals surface area contributed by atoms with Crippen molar-refractivity contribution in [2.75, 3.05) is 0 Å². The van der Waals surface area contributed by atoms with Gasteiger partial charge in [-0.05, 0) is 94.0 Å². The van der Waals surface area contributed by atoms with Crippen molar-refractivity contribution in [2.45, 2.75) is 104 Å². The molecule has 8 rings (SSSR count). The molecule has 0 spiro atoms. The van der Waals surface area contributed by atoms with Crippen molar-refractivity contribution in [1.82, 2.24) is 19.5 Å². The van der Waals surface area contributed by atoms with Gasteiger partial charge in [-0.1, -0.05) is 177 Å². The van der Waals surface area contributed by atoms with Crippen molar-refractivity contribution >= 4 is 21.8 Å². The van der Waals surface area contributed by atoms with E-state index >= 15 is 0 Å². The van der Waals surface area contributed by atoms with Crippen LogP contribution in [0, 0.1) is 0 Å². The Hall–Kier alpha value is -5.87. The molecule has 298 valence electrons. The van der Waals surface area contributed by atoms with Crippen molar-refractivity contribution in [3.8, 4) is 45.3 Å². The molecule has 0 aliphatic carbocycles. The molecule has 0 amide bonds. The Balaban J connectivity index is 1.08. The maximum absolute atomic E-state index is 5.12. The SMILES string of the molecule is CCC(CC(C)c1cccc(-c2nc(-c3ccc(C(C)(C)C)cc3)nc(-c3ccc(C(C)(C)C)cc3)n2)c1)c1ccc(-c2cccc3c2c2ccccc2n3CC)cc1. The normalized spacial score (nSPS) is 13.2. The van der Waals surface area contributed by atoms with Gasteiger partial charge in [0.05, 0.1) is 0 Å². The van der Waals surface area contributed by atoms with Crippen molar-refractivity contribution in [3.05, 3.63) is 162 Å². The summed E-state index contributed by atoms with van der Waals surface area (Å²) < 4.78 is 2.43. The number of hydrogen-bond acceptors (Lipinski definition) is 3. The third kappa shape index (κ3) is 8.11. The minimum absolute atomic E-state index is 0.0625. The first-order valence-electron chi connectivity index (χ1n) is 21.5. The Morgan fingerprint density at radius 3 is 1.59 bits per heavy atom. The van der Waals surface area contributed by atoms with Crippen LogP contribution in [0.25, 0.3) is 67.1 Å². The van der Waals surface area contributed by atoms with Crippen LogP contribution in [-0.4, -0.2) is 19.5 Å². The summed E-state index contributed by atoms with van der Waals surface area (Å²) in [5.74, 6) is 2.84. The number of benzene rings is 6. The summed E-state index contributed by atoms with van der Waals surface area (Å²) in [5, 5.41) is 2.66. The Labute approximate surface area is 351 Å². The van der Waals surface area contributed by atoms with E-state index in [2.05, 4.69) is 206 Å². The lowest BCUT2D eigenvalue weighted by molar-refractivity contribution is 0.544. The molecule has 0 aliphatic rings. The molecule has 6 aromatic carbocycles. The van der Waals surface area contributed by atoms with E-state index in [4.69, 9.17) is 15.0 Å². The van der Waals surface area contributed by atoms with E-state index in [9.17, 15) is 0 Å². The predicted molar refractivity (Wildman–Crippen MR) is 250 cm³/mol. The van der Waals surface area contributed by atoms with E-state index < -0.39 is 0 Å². The van der Waals surface area contributed by atoms with Crippen LogP contribution in [0.4, 0.5) is 0 Å². The standard InChI is InChI=1S/C55H58N4/c1-10-37(38-22-24-39(25-23-38)46-19-15-21-49-50(46)47-18-12-13-20-48(47)59(49)11-2)34-36(3)42-16-14-17-43(35-42)53-57-51(40-26-30-44(31-27-40)54(4,5)6)56-52(58-53)41-28-32-45(33-29-41)55(7,8)9/h12-33,35-37H,10-11,34H2,1-9H3. The van der Waals surface area contributed by atoms with Gasteiger partial charge in [-0.15, -0.1) is 0 Å². The second kappa shape index (κ2) is 16.1. The first-order valence-corrected chi connectivity index (χ1v) is 21.5. The minimum Gasteiger partial charge on any atom is -0.341 e. The minimum atomic E-state index is 0.0625. The number of fused-ring (bicyclic) bond motifs is 3. The molecule has 0 saturated heterocycles. The molecule has 4 nitrogen and oxygen atoms in total. The topological polar surface area (TPSA) is 43.6 Å². The number of rotatable bonds is 10. The van der Waals surface area contributed by atoms with Crippen molar-refractivity contribution in [1.29, 1.82) is 0 Å². The summed E-state index contributed by atoms with van der Waals surface area (Å²) in [6.07, 6.45) is 2.12. The molecule has 4 heteroatoms. The first-order chi connectivity index (χ1) is 28.3. The molecule has 0 N–H and O–H groups in total. The van der Waals surface area contributed by atoms with Gasteiger partial charge >= 0.3 is 0 Å². The molecule has 2 heterocycles. The molecule has 2 aromatic heterocycles. The highest BCUT2D eigenvalue weighted by Crippen LogP contribution is 2.39. The van der Waals surface area contributed by atoms with Gasteiger partial charge in [0.2, 0.25) is 0 Å². The summed E-state index contributed by atoms with van der Waals surface area (Å²) in [4.78, 5) is 15.3. The van der Waals surface area contributed by atoms with Gasteiger partial charge in [0.25, 0.3) is 0 Å². The van der Waals surface area contributed by atoms with Crippen LogP contribution in [0.15, 0.2) is 140 Å². The van der Waals surface area contributed by atoms with Crippen LogP contribution in [0.1, 0.15) is 109 Å². The van der Waals surface area contributed by atoms with Crippen LogP contribution in [0.3, 0.4) is 0 Å². The smallest absolute Gasteiger partial charge is 0.164 e. The van der Waals surface area contributed by atoms with E-state index in [1.165, 1.54) is 55.2 Å². The maximum atomic E-state index is 5.12. The summed E-state index contributed by atoms with van der Waals surface area (Å²) >= 11 is 0. The molecule has 2 atom stereocenters. The first kappa shape index (κ1) is 39.9. The fourth-order valence-corrected chi connectivity index (χ4v) is 8.70. The second-order valence-corrected chi connectivity index (χ2v) is 18.4. The average Bonchev–Trinajstić information content (AvgIpc) is 3.59. The fourth-order valence-electron chi connectivity index (χ4n) is 8.70. The third-order valence-electron chi connectivity index (χ3n) is 12.3. The molecular weight excluding hydrogens is 717 g/mol. The maximum Gasteiger partial charge on any atom is 0.164 e. The molecule has 8 aromatic rings. The van der Waals surface area contributed by atoms with E-state index in [0.717, 1.165) is 36.1 Å². The largest absolute Gasteiger partial charge is 0.341 e. The number of hydrogen-bond donors (Lipinski definition) is 0. The van der Waals surface area contributed by atoms with Crippen molar-refractivity contribution in [2.24, 2.45) is 0 Å². The Kier molecular flexibility index (Phi) is 10.9. The molecule has 0 aliphatic heterocycles. The van der Waals surface area contributed by atoms with Gasteiger partial charge in [0.1, 0.15) is 0 Å². The van der Waals surface area contributed by atoms with E-state index in [1.54, 1.807) is 0 Å². The highest BCUT2D eigenvalue weighted by Gasteiger charge is 2.21. The van der Waals surface area contributed by atoms with Crippen LogP contribution in [-0.2, 0) is 17.4 Å². The zero-order valence-corrected chi connectivity index (χ0v) is 36.3. The summed E-state index contributed by atoms with van der Waals surface area (Å²) in [5.41, 5.74) is 13.5. The van der Waals surface area contributed by atoms with Gasteiger partial charge < -0.3 is 4.57 Å². The van der Waals surface area contributed by atoms with Gasteiger partial charge in [-0.2, -0.15) is 0 Å². The van der Waals surface area contributed by atoms with Crippen molar-refractivity contribution < 1.29 is 0 Å². The number of para-hydroxylation sites is 1. The van der Waals surface area contributed by atoms with Crippen molar-refractivity contribution in [3.63, 3.8) is 0 Å². The van der Waals surface area contributed by atoms with Gasteiger partial charge in [0, 0.05) is 45.0 Å². The zero-order valence-electron chi connectivity index (χ0n) is 36.3. The quantitative estimate of drug-likeness (QED) is 0.139. The molecule has 0 bridgehead atoms. The predicted octanol–water partition coefficient (Wildman–Crippen LogP) is 14.9. The molecule has 0 radical (unpaired) electrons. The van der Waals surface area contributed by atoms with Crippen LogP contribution in [0.5, 0.6) is 0 Å². The van der Waals surface area contributed by atoms with Crippen LogP contribution >= 0.6 is 0 Å². The number of nitrogens with zero attached hydrogens (tertiary/aromatic N) is 4. The highest BCUT2D eigenvalue weighted by atomic mass is 15.0. The van der Waals surface area contributed by atoms with Gasteiger partial charge in [-0.3, -0.25) is 0 Å². The van der Waals surface area contributed by atoms with E-state index in [0.29, 0.717) is 29.3 Å². The summed E-state index contributed by atoms with van der Waals surface area (Å²) in [7, 11) is 0. The fraction of sp³-hybridized carbons (Fsp3) is 0.291. The van der Waals surface area contributed by atoms with Gasteiger partial charge in [-0.25, -0.2) is 15.0 Å². The summed E-state index contributed by atoms with van der Waals surface area (Å²) in [6.45, 7) is 21.3. The molecule has 59 heavy (non-hydrogen) atoms. The second-order valence-electron chi connectivity index (χ2n) is 18.4. The average molecular weight is 775 g/mol. The lowest BCUT2D eigenvalue weighted by Gasteiger charge is -2.21. The van der Waals surface area contributed by atoms with Crippen LogP contribution in [0.2, 0.25) is 0 Å². The lowest BCUT2D eigenvalue weighted by Crippen LogP contribution is -2.11. The molecular formula is C55H58N4. The third-order valence-corrected chi connectivity index (χ3v) is 12.3. The zero-order chi connectivity index (χ0) is 41.5. The Bertz CT molecular complexity index is 2650.